The molecular weight excluding hydrogens is 1440 g/mol. The van der Waals surface area contributed by atoms with E-state index in [4.69, 9.17) is 20.7 Å². The van der Waals surface area contributed by atoms with Gasteiger partial charge in [-0.2, -0.15) is 10.2 Å². The fraction of sp³-hybridized carbons (Fsp3) is 0.296. The largest absolute Gasteiger partial charge is 1.00 e. The highest BCUT2D eigenvalue weighted by atomic mass is 79.9. The van der Waals surface area contributed by atoms with Gasteiger partial charge in [0.25, 0.3) is 0 Å². The molecule has 4 heterocycles. The van der Waals surface area contributed by atoms with Crippen LogP contribution >= 0.6 is 0 Å². The SMILES string of the molecule is CN(/N=C\c1cc[n+](CCCCCCn2c(N=Nc3ccc(NCCO)cc3)[n+](C)c3ccccc32)cc1)c1ccccc1.COc1ccc(N=Nc2n(CCCCCC[n+]3ccc(/C=N\N(C)c4ccccc4)cc3)c3ccccc3[n+]2C)cc1.NCCO.[Br-].[Br-].[Br-].[Br-]. The number of nitrogens with one attached hydrogen (secondary N) is 1. The second kappa shape index (κ2) is 43.2. The molecule has 498 valence electrons. The average molecular weight is 1530 g/mol. The van der Waals surface area contributed by atoms with E-state index >= 15 is 0 Å². The number of hydrazone groups is 2. The molecule has 19 nitrogen and oxygen atoms in total. The minimum atomic E-state index is 0. The molecule has 0 unspecified atom stereocenters. The summed E-state index contributed by atoms with van der Waals surface area (Å²) in [6, 6.07) is 61.0. The standard InChI is InChI=1S/C35H41N8O.C34H39N7O.C2H7NO.4BrH/c1-40-33-14-8-9-15-34(33)43(35(40)39-38-31-18-16-30(17-19-31)36-22-27-44)24-11-4-3-10-23-42-25-20-29(21-26-42)28-37-41(2)32-12-6-5-7-13-32;1-38-32-15-9-10-16-33(32)41(34(38)37-36-29-17-19-31(42-3)20-18-29)24-12-5-4-11-23-40-25-21-28(22-26-40)27-35-39(2)30-13-7-6-8-14-30;3-1-2-4;;;;/h5-9,12-21,25-26,28,44H,3-4,10-11,22-24,27H2,1-2H3;6-10,13-22,25-27H,4-5,11-12,23-24H2,1-3H3;4H,1-3H2;4*1H/q+1;+2;;;;;/p-3. The van der Waals surface area contributed by atoms with Crippen LogP contribution in [0.15, 0.2) is 237 Å². The van der Waals surface area contributed by atoms with Gasteiger partial charge in [-0.1, -0.05) is 83.7 Å². The molecule has 0 aliphatic carbocycles. The molecule has 5 N–H and O–H groups in total. The van der Waals surface area contributed by atoms with E-state index in [0.717, 1.165) is 139 Å². The highest BCUT2D eigenvalue weighted by Gasteiger charge is 2.23. The maximum atomic E-state index is 9.01. The van der Waals surface area contributed by atoms with E-state index in [1.54, 1.807) is 7.11 Å². The maximum absolute atomic E-state index is 9.01. The second-order valence-corrected chi connectivity index (χ2v) is 21.6. The molecule has 0 aliphatic rings. The number of aliphatic hydroxyl groups excluding tert-OH is 2. The van der Waals surface area contributed by atoms with Gasteiger partial charge in [0.05, 0.1) is 71.3 Å². The predicted molar refractivity (Wildman–Crippen MR) is 361 cm³/mol. The number of methoxy groups -OCH3 is 1. The molecule has 0 saturated carbocycles. The summed E-state index contributed by atoms with van der Waals surface area (Å²) < 4.78 is 18.5. The molecule has 23 heteroatoms. The van der Waals surface area contributed by atoms with Gasteiger partial charge >= 0.3 is 11.9 Å². The van der Waals surface area contributed by atoms with Gasteiger partial charge < -0.3 is 93.9 Å². The first kappa shape index (κ1) is 78.5. The van der Waals surface area contributed by atoms with E-state index in [1.165, 1.54) is 17.5 Å². The highest BCUT2D eigenvalue weighted by molar-refractivity contribution is 5.80. The van der Waals surface area contributed by atoms with Crippen LogP contribution in [-0.2, 0) is 40.3 Å². The van der Waals surface area contributed by atoms with Gasteiger partial charge in [0.15, 0.2) is 24.8 Å². The fourth-order valence-corrected chi connectivity index (χ4v) is 10.1. The third-order valence-electron chi connectivity index (χ3n) is 15.1. The Morgan fingerprint density at radius 1 is 0.479 bits per heavy atom. The zero-order chi connectivity index (χ0) is 63.1. The number of nitrogens with zero attached hydrogens (tertiary/aromatic N) is 14. The maximum Gasteiger partial charge on any atom is 0.422 e. The lowest BCUT2D eigenvalue weighted by Gasteiger charge is -2.11. The number of aliphatic hydroxyl groups is 2. The van der Waals surface area contributed by atoms with Gasteiger partial charge in [-0.15, -0.1) is 0 Å². The molecule has 0 fully saturated rings. The zero-order valence-electron chi connectivity index (χ0n) is 54.3. The predicted octanol–water partition coefficient (Wildman–Crippen LogP) is 0.165. The second-order valence-electron chi connectivity index (χ2n) is 21.6. The number of benzene rings is 6. The molecular formula is C71H88Br4N16O3. The van der Waals surface area contributed by atoms with Crippen LogP contribution in [0.1, 0.15) is 62.5 Å². The normalized spacial score (nSPS) is 10.9. The molecule has 0 saturated heterocycles. The summed E-state index contributed by atoms with van der Waals surface area (Å²) in [5.41, 5.74) is 16.2. The molecule has 10 rings (SSSR count). The van der Waals surface area contributed by atoms with Gasteiger partial charge in [0.1, 0.15) is 52.3 Å². The third-order valence-corrected chi connectivity index (χ3v) is 15.1. The number of halogens is 4. The van der Waals surface area contributed by atoms with Gasteiger partial charge in [-0.3, -0.25) is 10.0 Å². The summed E-state index contributed by atoms with van der Waals surface area (Å²) in [6.07, 6.45) is 21.4. The quantitative estimate of drug-likeness (QED) is 0.0169. The van der Waals surface area contributed by atoms with Crippen LogP contribution in [0.3, 0.4) is 0 Å². The van der Waals surface area contributed by atoms with E-state index in [2.05, 4.69) is 168 Å². The minimum Gasteiger partial charge on any atom is -1.00 e. The van der Waals surface area contributed by atoms with Crippen molar-refractivity contribution in [2.75, 3.05) is 62.8 Å². The van der Waals surface area contributed by atoms with Crippen LogP contribution in [0.5, 0.6) is 5.75 Å². The summed E-state index contributed by atoms with van der Waals surface area (Å²) in [5.74, 6) is 2.49. The first-order valence-electron chi connectivity index (χ1n) is 31.0. The van der Waals surface area contributed by atoms with Crippen molar-refractivity contribution >= 4 is 74.8 Å². The summed E-state index contributed by atoms with van der Waals surface area (Å²) in [5, 5.41) is 51.2. The van der Waals surface area contributed by atoms with Crippen LogP contribution in [0.4, 0.5) is 40.3 Å². The molecule has 10 aromatic rings. The van der Waals surface area contributed by atoms with Gasteiger partial charge in [0.2, 0.25) is 0 Å². The van der Waals surface area contributed by atoms with E-state index in [-0.39, 0.29) is 81.1 Å². The lowest BCUT2D eigenvalue weighted by atomic mass is 10.2. The number of anilines is 3. The summed E-state index contributed by atoms with van der Waals surface area (Å²) in [7, 11) is 9.68. The first-order chi connectivity index (χ1) is 44.2. The van der Waals surface area contributed by atoms with E-state index in [0.29, 0.717) is 13.1 Å². The number of unbranched alkanes of at least 4 members (excludes halogenated alkanes) is 6. The Bertz CT molecular complexity index is 3860. The molecule has 0 atom stereocenters. The number of aromatic nitrogens is 6. The number of hydrogen-bond acceptors (Lipinski definition) is 13. The Morgan fingerprint density at radius 2 is 0.862 bits per heavy atom. The number of para-hydroxylation sites is 6. The van der Waals surface area contributed by atoms with Gasteiger partial charge in [0, 0.05) is 91.3 Å². The monoisotopic (exact) mass is 1530 g/mol. The molecule has 4 aromatic heterocycles. The number of pyridine rings is 2. The Morgan fingerprint density at radius 3 is 1.26 bits per heavy atom. The minimum absolute atomic E-state index is 0. The topological polar surface area (TPSA) is 194 Å². The molecule has 0 bridgehead atoms. The first-order valence-corrected chi connectivity index (χ1v) is 31.0. The third kappa shape index (κ3) is 24.1. The summed E-state index contributed by atoms with van der Waals surface area (Å²) in [4.78, 5) is 0. The fourth-order valence-electron chi connectivity index (χ4n) is 10.1. The van der Waals surface area contributed by atoms with Crippen LogP contribution in [0.25, 0.3) is 22.1 Å². The zero-order valence-corrected chi connectivity index (χ0v) is 60.6. The van der Waals surface area contributed by atoms with Crippen molar-refractivity contribution < 1.29 is 101 Å². The molecule has 94 heavy (non-hydrogen) atoms. The number of aryl methyl sites for hydroxylation is 6. The Kier molecular flexibility index (Phi) is 36.1. The van der Waals surface area contributed by atoms with Crippen molar-refractivity contribution in [2.45, 2.75) is 77.5 Å². The van der Waals surface area contributed by atoms with Crippen LogP contribution < -0.4 is 112 Å². The lowest BCUT2D eigenvalue weighted by molar-refractivity contribution is -0.697. The van der Waals surface area contributed by atoms with Crippen molar-refractivity contribution in [2.24, 2.45) is 50.5 Å². The van der Waals surface area contributed by atoms with E-state index < -0.39 is 0 Å². The number of azo groups is 2. The molecule has 0 radical (unpaired) electrons. The van der Waals surface area contributed by atoms with Gasteiger partial charge in [-0.05, 0) is 123 Å². The molecule has 0 amide bonds. The van der Waals surface area contributed by atoms with Crippen molar-refractivity contribution in [3.05, 3.63) is 218 Å². The Balaban J connectivity index is 0.000000364. The van der Waals surface area contributed by atoms with E-state index in [1.807, 2.05) is 153 Å². The number of rotatable bonds is 29. The number of imidazole rings is 2. The summed E-state index contributed by atoms with van der Waals surface area (Å²) >= 11 is 0. The number of hydrogen-bond donors (Lipinski definition) is 4. The van der Waals surface area contributed by atoms with Crippen LogP contribution in [0, 0.1) is 0 Å². The smallest absolute Gasteiger partial charge is 0.422 e. The lowest BCUT2D eigenvalue weighted by Crippen LogP contribution is -3.00. The van der Waals surface area contributed by atoms with Crippen molar-refractivity contribution in [3.8, 4) is 5.75 Å². The Hall–Kier alpha value is -7.90. The number of ether oxygens (including phenoxy) is 1. The van der Waals surface area contributed by atoms with Crippen molar-refractivity contribution in [1.82, 2.24) is 9.13 Å². The number of nitrogens with two attached hydrogens (primary N) is 1. The van der Waals surface area contributed by atoms with Crippen LogP contribution in [0.2, 0.25) is 0 Å². The highest BCUT2D eigenvalue weighted by Crippen LogP contribution is 2.26. The average Bonchev–Trinajstić information content (AvgIpc) is 1.64. The van der Waals surface area contributed by atoms with E-state index in [9.17, 15) is 0 Å². The van der Waals surface area contributed by atoms with Gasteiger partial charge in [-0.25, -0.2) is 27.4 Å². The van der Waals surface area contributed by atoms with Crippen LogP contribution in [-0.4, -0.2) is 79.3 Å². The molecule has 0 spiro atoms. The Labute approximate surface area is 595 Å². The number of fused-ring (bicyclic) bond motifs is 2. The van der Waals surface area contributed by atoms with Crippen molar-refractivity contribution in [3.63, 3.8) is 0 Å². The molecule has 0 aliphatic heterocycles. The van der Waals surface area contributed by atoms with Crippen molar-refractivity contribution in [1.29, 1.82) is 0 Å². The molecule has 6 aromatic carbocycles. The summed E-state index contributed by atoms with van der Waals surface area (Å²) in [6.45, 7) is 4.88.